The van der Waals surface area contributed by atoms with E-state index < -0.39 is 6.04 Å². The molecule has 0 radical (unpaired) electrons. The summed E-state index contributed by atoms with van der Waals surface area (Å²) in [5.41, 5.74) is 2.38. The lowest BCUT2D eigenvalue weighted by atomic mass is 10.0. The maximum Gasteiger partial charge on any atom is 0.247 e. The van der Waals surface area contributed by atoms with Crippen molar-refractivity contribution in [2.75, 3.05) is 0 Å². The zero-order valence-electron chi connectivity index (χ0n) is 18.9. The summed E-state index contributed by atoms with van der Waals surface area (Å²) in [5, 5.41) is 4.12. The van der Waals surface area contributed by atoms with Crippen molar-refractivity contribution >= 4 is 35.0 Å². The molecule has 0 unspecified atom stereocenters. The van der Waals surface area contributed by atoms with Crippen molar-refractivity contribution in [3.05, 3.63) is 130 Å². The molecule has 0 bridgehead atoms. The summed E-state index contributed by atoms with van der Waals surface area (Å²) in [6, 6.07) is 26.4. The highest BCUT2D eigenvalue weighted by Crippen LogP contribution is 2.26. The second kappa shape index (κ2) is 11.7. The molecule has 7 heteroatoms. The van der Waals surface area contributed by atoms with E-state index >= 15 is 0 Å². The van der Waals surface area contributed by atoms with E-state index in [4.69, 9.17) is 27.6 Å². The van der Waals surface area contributed by atoms with Crippen LogP contribution >= 0.6 is 23.2 Å². The molecule has 178 valence electrons. The monoisotopic (exact) mass is 506 g/mol. The minimum atomic E-state index is -0.846. The van der Waals surface area contributed by atoms with Crippen LogP contribution < -0.4 is 5.32 Å². The summed E-state index contributed by atoms with van der Waals surface area (Å²) in [6.07, 6.45) is 1.68. The SMILES string of the molecule is O=C(NCc1ccco1)[C@H](c1ccccc1)N(Cc1ccc(Cl)cc1)C(=O)Cc1ccc(Cl)cc1. The standard InChI is InChI=1S/C28H24Cl2N2O3/c29-23-12-8-20(9-13-23)17-26(33)32(19-21-10-14-24(30)15-11-21)27(22-5-2-1-3-6-22)28(34)31-18-25-7-4-16-35-25/h1-16,27H,17-19H2,(H,31,34)/t27-/m0/s1. The number of hydrogen-bond donors (Lipinski definition) is 1. The van der Waals surface area contributed by atoms with Gasteiger partial charge in [-0.3, -0.25) is 9.59 Å². The van der Waals surface area contributed by atoms with Crippen LogP contribution in [0.15, 0.2) is 102 Å². The molecule has 2 amide bonds. The minimum absolute atomic E-state index is 0.125. The van der Waals surface area contributed by atoms with Gasteiger partial charge in [0.25, 0.3) is 0 Å². The average Bonchev–Trinajstić information content (AvgIpc) is 3.39. The Balaban J connectivity index is 1.67. The largest absolute Gasteiger partial charge is 0.467 e. The smallest absolute Gasteiger partial charge is 0.247 e. The first-order valence-corrected chi connectivity index (χ1v) is 11.9. The number of furan rings is 1. The van der Waals surface area contributed by atoms with Crippen LogP contribution in [-0.2, 0) is 29.1 Å². The second-order valence-electron chi connectivity index (χ2n) is 8.06. The number of rotatable bonds is 9. The van der Waals surface area contributed by atoms with E-state index in [-0.39, 0.29) is 31.3 Å². The normalized spacial score (nSPS) is 11.6. The van der Waals surface area contributed by atoms with Crippen molar-refractivity contribution in [1.29, 1.82) is 0 Å². The number of carbonyl (C=O) groups excluding carboxylic acids is 2. The number of carbonyl (C=O) groups is 2. The number of nitrogens with zero attached hydrogens (tertiary/aromatic N) is 1. The van der Waals surface area contributed by atoms with Gasteiger partial charge < -0.3 is 14.6 Å². The van der Waals surface area contributed by atoms with Gasteiger partial charge in [-0.1, -0.05) is 77.8 Å². The Bertz CT molecular complexity index is 1240. The fourth-order valence-electron chi connectivity index (χ4n) is 3.78. The predicted octanol–water partition coefficient (Wildman–Crippen LogP) is 6.22. The third kappa shape index (κ3) is 6.75. The van der Waals surface area contributed by atoms with Crippen LogP contribution in [0.3, 0.4) is 0 Å². The Labute approximate surface area is 214 Å². The van der Waals surface area contributed by atoms with Gasteiger partial charge in [-0.2, -0.15) is 0 Å². The van der Waals surface area contributed by atoms with Crippen LogP contribution in [0, 0.1) is 0 Å². The van der Waals surface area contributed by atoms with Crippen molar-refractivity contribution in [1.82, 2.24) is 10.2 Å². The zero-order valence-corrected chi connectivity index (χ0v) is 20.4. The molecule has 1 aromatic heterocycles. The lowest BCUT2D eigenvalue weighted by Gasteiger charge is -2.32. The summed E-state index contributed by atoms with van der Waals surface area (Å²) < 4.78 is 5.35. The molecule has 0 aliphatic rings. The van der Waals surface area contributed by atoms with Gasteiger partial charge in [-0.25, -0.2) is 0 Å². The average molecular weight is 507 g/mol. The highest BCUT2D eigenvalue weighted by atomic mass is 35.5. The molecule has 3 aromatic carbocycles. The number of nitrogens with one attached hydrogen (secondary N) is 1. The highest BCUT2D eigenvalue weighted by Gasteiger charge is 2.31. The maximum atomic E-state index is 13.7. The molecule has 5 nitrogen and oxygen atoms in total. The van der Waals surface area contributed by atoms with Gasteiger partial charge in [0.1, 0.15) is 11.8 Å². The van der Waals surface area contributed by atoms with Gasteiger partial charge >= 0.3 is 0 Å². The zero-order chi connectivity index (χ0) is 24.6. The first-order chi connectivity index (χ1) is 17.0. The Morgan fingerprint density at radius 2 is 1.43 bits per heavy atom. The van der Waals surface area contributed by atoms with E-state index in [0.717, 1.165) is 11.1 Å². The van der Waals surface area contributed by atoms with Gasteiger partial charge in [0.05, 0.1) is 19.2 Å². The fraction of sp³-hybridized carbons (Fsp3) is 0.143. The third-order valence-electron chi connectivity index (χ3n) is 5.55. The third-order valence-corrected chi connectivity index (χ3v) is 6.05. The molecule has 0 fully saturated rings. The van der Waals surface area contributed by atoms with Crippen molar-refractivity contribution in [2.45, 2.75) is 25.6 Å². The topological polar surface area (TPSA) is 62.6 Å². The van der Waals surface area contributed by atoms with Gasteiger partial charge in [0, 0.05) is 16.6 Å². The van der Waals surface area contributed by atoms with E-state index in [0.29, 0.717) is 21.4 Å². The van der Waals surface area contributed by atoms with Crippen LogP contribution in [0.25, 0.3) is 0 Å². The molecule has 0 aliphatic heterocycles. The van der Waals surface area contributed by atoms with Crippen molar-refractivity contribution < 1.29 is 14.0 Å². The lowest BCUT2D eigenvalue weighted by molar-refractivity contribution is -0.141. The van der Waals surface area contributed by atoms with Crippen LogP contribution in [-0.4, -0.2) is 16.7 Å². The molecule has 35 heavy (non-hydrogen) atoms. The van der Waals surface area contributed by atoms with Gasteiger partial charge in [0.15, 0.2) is 0 Å². The Hall–Kier alpha value is -3.54. The van der Waals surface area contributed by atoms with Gasteiger partial charge in [-0.05, 0) is 53.1 Å². The summed E-state index contributed by atoms with van der Waals surface area (Å²) in [6.45, 7) is 0.451. The van der Waals surface area contributed by atoms with E-state index in [1.54, 1.807) is 47.6 Å². The first-order valence-electron chi connectivity index (χ1n) is 11.1. The maximum absolute atomic E-state index is 13.7. The van der Waals surface area contributed by atoms with E-state index in [1.165, 1.54) is 0 Å². The van der Waals surface area contributed by atoms with E-state index in [1.807, 2.05) is 54.6 Å². The first kappa shape index (κ1) is 24.6. The Kier molecular flexibility index (Phi) is 8.24. The van der Waals surface area contributed by atoms with Crippen LogP contribution in [0.2, 0.25) is 10.0 Å². The van der Waals surface area contributed by atoms with Crippen LogP contribution in [0.4, 0.5) is 0 Å². The molecule has 4 rings (SSSR count). The number of halogens is 2. The lowest BCUT2D eigenvalue weighted by Crippen LogP contribution is -2.43. The molecule has 1 N–H and O–H groups in total. The summed E-state index contributed by atoms with van der Waals surface area (Å²) in [7, 11) is 0. The van der Waals surface area contributed by atoms with Crippen LogP contribution in [0.5, 0.6) is 0 Å². The molecule has 1 atom stereocenters. The number of amides is 2. The fourth-order valence-corrected chi connectivity index (χ4v) is 4.03. The quantitative estimate of drug-likeness (QED) is 0.293. The van der Waals surface area contributed by atoms with Crippen molar-refractivity contribution in [2.24, 2.45) is 0 Å². The number of hydrogen-bond acceptors (Lipinski definition) is 3. The minimum Gasteiger partial charge on any atom is -0.467 e. The van der Waals surface area contributed by atoms with E-state index in [2.05, 4.69) is 5.32 Å². The molecule has 0 saturated carbocycles. The molecule has 0 saturated heterocycles. The van der Waals surface area contributed by atoms with Crippen molar-refractivity contribution in [3.63, 3.8) is 0 Å². The second-order valence-corrected chi connectivity index (χ2v) is 8.93. The molecule has 0 spiro atoms. The molecule has 0 aliphatic carbocycles. The Morgan fingerprint density at radius 1 is 0.800 bits per heavy atom. The molecular formula is C28H24Cl2N2O3. The Morgan fingerprint density at radius 3 is 2.03 bits per heavy atom. The van der Waals surface area contributed by atoms with Crippen LogP contribution in [0.1, 0.15) is 28.5 Å². The van der Waals surface area contributed by atoms with Gasteiger partial charge in [0.2, 0.25) is 11.8 Å². The summed E-state index contributed by atoms with van der Waals surface area (Å²) in [4.78, 5) is 28.8. The van der Waals surface area contributed by atoms with Gasteiger partial charge in [-0.15, -0.1) is 0 Å². The van der Waals surface area contributed by atoms with E-state index in [9.17, 15) is 9.59 Å². The predicted molar refractivity (Wildman–Crippen MR) is 137 cm³/mol. The van der Waals surface area contributed by atoms with Crippen molar-refractivity contribution in [3.8, 4) is 0 Å². The summed E-state index contributed by atoms with van der Waals surface area (Å²) >= 11 is 12.1. The molecule has 4 aromatic rings. The molecular weight excluding hydrogens is 483 g/mol. The molecule has 1 heterocycles. The highest BCUT2D eigenvalue weighted by molar-refractivity contribution is 6.30. The number of benzene rings is 3. The summed E-state index contributed by atoms with van der Waals surface area (Å²) in [5.74, 6) is 0.136.